The van der Waals surface area contributed by atoms with Crippen LogP contribution in [0.1, 0.15) is 64.7 Å². The van der Waals surface area contributed by atoms with Crippen LogP contribution in [0.15, 0.2) is 23.8 Å². The van der Waals surface area contributed by atoms with Crippen molar-refractivity contribution >= 4 is 17.7 Å². The quantitative estimate of drug-likeness (QED) is 0.362. The van der Waals surface area contributed by atoms with Crippen LogP contribution in [0.5, 0.6) is 0 Å². The van der Waals surface area contributed by atoms with Crippen LogP contribution >= 0.6 is 11.8 Å². The first-order valence-electron chi connectivity index (χ1n) is 10.4. The molecule has 1 saturated carbocycles. The minimum atomic E-state index is -0.695. The van der Waals surface area contributed by atoms with Gasteiger partial charge in [0, 0.05) is 6.42 Å². The van der Waals surface area contributed by atoms with Crippen LogP contribution in [0.25, 0.3) is 0 Å². The molecule has 3 aliphatic rings. The summed E-state index contributed by atoms with van der Waals surface area (Å²) in [4.78, 5) is 10.5. The molecule has 2 bridgehead atoms. The van der Waals surface area contributed by atoms with E-state index in [0.717, 1.165) is 25.2 Å². The van der Waals surface area contributed by atoms with Gasteiger partial charge in [-0.05, 0) is 87.5 Å². The lowest BCUT2D eigenvalue weighted by atomic mass is 9.78. The van der Waals surface area contributed by atoms with E-state index in [1.54, 1.807) is 5.57 Å². The van der Waals surface area contributed by atoms with Gasteiger partial charge in [-0.2, -0.15) is 11.8 Å². The molecule has 2 heterocycles. The summed E-state index contributed by atoms with van der Waals surface area (Å²) in [7, 11) is 0. The number of rotatable bonds is 12. The van der Waals surface area contributed by atoms with Crippen molar-refractivity contribution in [2.75, 3.05) is 11.5 Å². The van der Waals surface area contributed by atoms with E-state index in [9.17, 15) is 4.79 Å². The monoisotopic (exact) mass is 378 g/mol. The van der Waals surface area contributed by atoms with Crippen LogP contribution in [0, 0.1) is 17.8 Å². The number of hydrogen-bond acceptors (Lipinski definition) is 3. The molecule has 0 aromatic heterocycles. The van der Waals surface area contributed by atoms with E-state index < -0.39 is 5.97 Å². The largest absolute Gasteiger partial charge is 0.481 e. The average molecular weight is 379 g/mol. The molecule has 3 fully saturated rings. The number of thioether (sulfide) groups is 1. The van der Waals surface area contributed by atoms with Gasteiger partial charge in [-0.3, -0.25) is 4.79 Å². The fraction of sp³-hybridized carbons (Fsp3) is 0.773. The van der Waals surface area contributed by atoms with Crippen LogP contribution < -0.4 is 0 Å². The van der Waals surface area contributed by atoms with Crippen LogP contribution in [-0.4, -0.2) is 34.8 Å². The third kappa shape index (κ3) is 5.88. The molecule has 1 N–H and O–H groups in total. The van der Waals surface area contributed by atoms with Gasteiger partial charge < -0.3 is 9.84 Å². The Balaban J connectivity index is 1.35. The van der Waals surface area contributed by atoms with Crippen molar-refractivity contribution in [3.63, 3.8) is 0 Å². The molecule has 0 unspecified atom stereocenters. The molecule has 3 nitrogen and oxygen atoms in total. The summed E-state index contributed by atoms with van der Waals surface area (Å²) in [6.07, 6.45) is 17.3. The minimum absolute atomic E-state index is 0.273. The highest BCUT2D eigenvalue weighted by atomic mass is 32.2. The summed E-state index contributed by atoms with van der Waals surface area (Å²) in [5.74, 6) is 4.05. The van der Waals surface area contributed by atoms with Crippen molar-refractivity contribution in [2.24, 2.45) is 17.8 Å². The van der Waals surface area contributed by atoms with Crippen molar-refractivity contribution in [1.29, 1.82) is 0 Å². The lowest BCUT2D eigenvalue weighted by Crippen LogP contribution is -2.28. The smallest absolute Gasteiger partial charge is 0.303 e. The number of aliphatic carboxylic acids is 1. The molecule has 0 aromatic rings. The van der Waals surface area contributed by atoms with Gasteiger partial charge in [-0.15, -0.1) is 0 Å². The Labute approximate surface area is 162 Å². The maximum Gasteiger partial charge on any atom is 0.303 e. The van der Waals surface area contributed by atoms with E-state index in [4.69, 9.17) is 9.84 Å². The van der Waals surface area contributed by atoms with E-state index in [-0.39, 0.29) is 6.42 Å². The highest BCUT2D eigenvalue weighted by Crippen LogP contribution is 2.46. The normalized spacial score (nSPS) is 31.2. The zero-order chi connectivity index (χ0) is 18.4. The SMILES string of the molecule is CC(=CCCSC[C@@H]1[C@@H](CC=CCCCC(=O)O)[C@H]2CC[C@@H]1O2)C1CC1. The Morgan fingerprint density at radius 1 is 1.12 bits per heavy atom. The first kappa shape index (κ1) is 20.0. The van der Waals surface area contributed by atoms with E-state index in [2.05, 4.69) is 36.9 Å². The molecule has 26 heavy (non-hydrogen) atoms. The van der Waals surface area contributed by atoms with Gasteiger partial charge in [0.25, 0.3) is 0 Å². The number of carbonyl (C=O) groups is 1. The van der Waals surface area contributed by atoms with Gasteiger partial charge in [-0.25, -0.2) is 0 Å². The number of carboxylic acids is 1. The Morgan fingerprint density at radius 3 is 2.62 bits per heavy atom. The number of fused-ring (bicyclic) bond motifs is 2. The Hall–Kier alpha value is -0.740. The van der Waals surface area contributed by atoms with Crippen LogP contribution in [-0.2, 0) is 9.53 Å². The average Bonchev–Trinajstić information content (AvgIpc) is 3.29. The second-order valence-electron chi connectivity index (χ2n) is 8.20. The summed E-state index contributed by atoms with van der Waals surface area (Å²) in [5, 5.41) is 8.68. The maximum absolute atomic E-state index is 10.5. The van der Waals surface area contributed by atoms with Crippen LogP contribution in [0.3, 0.4) is 0 Å². The number of hydrogen-bond donors (Lipinski definition) is 1. The molecule has 0 spiro atoms. The van der Waals surface area contributed by atoms with Gasteiger partial charge in [0.15, 0.2) is 0 Å². The van der Waals surface area contributed by atoms with Crippen molar-refractivity contribution in [1.82, 2.24) is 0 Å². The summed E-state index contributed by atoms with van der Waals surface area (Å²) in [6, 6.07) is 0. The number of ether oxygens (including phenoxy) is 1. The van der Waals surface area contributed by atoms with Gasteiger partial charge in [0.1, 0.15) is 0 Å². The lowest BCUT2D eigenvalue weighted by molar-refractivity contribution is -0.137. The maximum atomic E-state index is 10.5. The summed E-state index contributed by atoms with van der Waals surface area (Å²) >= 11 is 2.10. The summed E-state index contributed by atoms with van der Waals surface area (Å²) in [5.41, 5.74) is 1.61. The van der Waals surface area contributed by atoms with Crippen molar-refractivity contribution in [3.8, 4) is 0 Å². The highest BCUT2D eigenvalue weighted by Gasteiger charge is 2.47. The van der Waals surface area contributed by atoms with Gasteiger partial charge in [0.2, 0.25) is 0 Å². The number of allylic oxidation sites excluding steroid dienone is 4. The fourth-order valence-electron chi connectivity index (χ4n) is 4.47. The van der Waals surface area contributed by atoms with Crippen molar-refractivity contribution < 1.29 is 14.6 Å². The van der Waals surface area contributed by atoms with Gasteiger partial charge in [-0.1, -0.05) is 23.8 Å². The van der Waals surface area contributed by atoms with E-state index in [0.29, 0.717) is 24.0 Å². The van der Waals surface area contributed by atoms with E-state index >= 15 is 0 Å². The van der Waals surface area contributed by atoms with Crippen molar-refractivity contribution in [3.05, 3.63) is 23.8 Å². The summed E-state index contributed by atoms with van der Waals surface area (Å²) in [6.45, 7) is 2.30. The third-order valence-corrected chi connectivity index (χ3v) is 7.33. The van der Waals surface area contributed by atoms with E-state index in [1.165, 1.54) is 43.6 Å². The van der Waals surface area contributed by atoms with E-state index in [1.807, 2.05) is 0 Å². The first-order valence-corrected chi connectivity index (χ1v) is 11.6. The minimum Gasteiger partial charge on any atom is -0.481 e. The standard InChI is InChI=1S/C22H34O3S/c1-16(17-10-11-17)7-6-14-26-15-19-18(20-12-13-21(19)25-20)8-4-2-3-5-9-22(23)24/h2,4,7,17-21H,3,5-6,8-15H2,1H3,(H,23,24)/t18-,19-,20-,21+/m1/s1. The second-order valence-corrected chi connectivity index (χ2v) is 9.35. The molecule has 4 atom stereocenters. The summed E-state index contributed by atoms with van der Waals surface area (Å²) < 4.78 is 6.21. The van der Waals surface area contributed by atoms with Gasteiger partial charge in [0.05, 0.1) is 12.2 Å². The zero-order valence-corrected chi connectivity index (χ0v) is 16.9. The zero-order valence-electron chi connectivity index (χ0n) is 16.1. The Bertz CT molecular complexity index is 523. The van der Waals surface area contributed by atoms with Crippen LogP contribution in [0.2, 0.25) is 0 Å². The molecule has 146 valence electrons. The fourth-order valence-corrected chi connectivity index (χ4v) is 5.65. The molecule has 0 amide bonds. The molecule has 2 aliphatic heterocycles. The first-order chi connectivity index (χ1) is 12.6. The molecule has 0 aromatic carbocycles. The molecule has 2 saturated heterocycles. The molecule has 1 aliphatic carbocycles. The number of carboxylic acid groups (broad SMARTS) is 1. The predicted molar refractivity (Wildman–Crippen MR) is 109 cm³/mol. The van der Waals surface area contributed by atoms with Gasteiger partial charge >= 0.3 is 5.97 Å². The molecule has 3 rings (SSSR count). The topological polar surface area (TPSA) is 46.5 Å². The molecule has 0 radical (unpaired) electrons. The molecule has 4 heteroatoms. The third-order valence-electron chi connectivity index (χ3n) is 6.19. The Kier molecular flexibility index (Phi) is 7.68. The molecular weight excluding hydrogens is 344 g/mol. The van der Waals surface area contributed by atoms with Crippen molar-refractivity contribution in [2.45, 2.75) is 76.9 Å². The molecular formula is C22H34O3S. The Morgan fingerprint density at radius 2 is 1.88 bits per heavy atom. The lowest BCUT2D eigenvalue weighted by Gasteiger charge is -2.27. The number of unbranched alkanes of at least 4 members (excludes halogenated alkanes) is 1. The predicted octanol–water partition coefficient (Wildman–Crippen LogP) is 5.46. The second kappa shape index (κ2) is 9.98. The highest BCUT2D eigenvalue weighted by molar-refractivity contribution is 7.99. The van der Waals surface area contributed by atoms with Crippen LogP contribution in [0.4, 0.5) is 0 Å².